The van der Waals surface area contributed by atoms with E-state index in [0.29, 0.717) is 29.5 Å². The van der Waals surface area contributed by atoms with Crippen molar-refractivity contribution in [1.29, 1.82) is 0 Å². The summed E-state index contributed by atoms with van der Waals surface area (Å²) in [5.74, 6) is 0.303. The largest absolute Gasteiger partial charge is 0.343 e. The highest BCUT2D eigenvalue weighted by molar-refractivity contribution is 7.08. The molecule has 0 aliphatic carbocycles. The number of piperidine rings is 2. The zero-order chi connectivity index (χ0) is 23.4. The van der Waals surface area contributed by atoms with Gasteiger partial charge in [0.05, 0.1) is 5.56 Å². The summed E-state index contributed by atoms with van der Waals surface area (Å²) in [7, 11) is 1.87. The van der Waals surface area contributed by atoms with Gasteiger partial charge >= 0.3 is 0 Å². The van der Waals surface area contributed by atoms with Gasteiger partial charge in [-0.2, -0.15) is 11.3 Å². The molecule has 2 fully saturated rings. The van der Waals surface area contributed by atoms with Gasteiger partial charge in [0.2, 0.25) is 5.91 Å². The summed E-state index contributed by atoms with van der Waals surface area (Å²) < 4.78 is 14.5. The van der Waals surface area contributed by atoms with Gasteiger partial charge in [0.25, 0.3) is 5.91 Å². The van der Waals surface area contributed by atoms with E-state index < -0.39 is 0 Å². The molecule has 0 bridgehead atoms. The quantitative estimate of drug-likeness (QED) is 0.631. The summed E-state index contributed by atoms with van der Waals surface area (Å²) in [5, 5.41) is 3.80. The number of nitrogens with zero attached hydrogens (tertiary/aromatic N) is 3. The maximum absolute atomic E-state index is 14.5. The molecule has 33 heavy (non-hydrogen) atoms. The van der Waals surface area contributed by atoms with Crippen LogP contribution in [0.5, 0.6) is 0 Å². The molecular weight excluding hydrogens is 437 g/mol. The van der Waals surface area contributed by atoms with Crippen molar-refractivity contribution < 1.29 is 14.0 Å². The number of carbonyl (C=O) groups is 2. The Bertz CT molecular complexity index is 935. The maximum Gasteiger partial charge on any atom is 0.254 e. The Hall–Kier alpha value is -2.25. The number of carbonyl (C=O) groups excluding carboxylic acids is 2. The fourth-order valence-corrected chi connectivity index (χ4v) is 6.09. The number of amides is 2. The van der Waals surface area contributed by atoms with Gasteiger partial charge in [0.15, 0.2) is 0 Å². The molecule has 0 unspecified atom stereocenters. The Morgan fingerprint density at radius 3 is 2.39 bits per heavy atom. The van der Waals surface area contributed by atoms with E-state index in [1.807, 2.05) is 45.8 Å². The van der Waals surface area contributed by atoms with Gasteiger partial charge in [0, 0.05) is 44.5 Å². The SMILES string of the molecule is CC(=O)N1CCC(N2CCC([C@H](Cc3ccccc3F)N(C)C(=O)c3ccsc3)CC2)CC1. The van der Waals surface area contributed by atoms with Gasteiger partial charge in [0.1, 0.15) is 5.82 Å². The molecule has 5 nitrogen and oxygen atoms in total. The minimum atomic E-state index is -0.200. The van der Waals surface area contributed by atoms with Gasteiger partial charge < -0.3 is 14.7 Å². The van der Waals surface area contributed by atoms with Crippen LogP contribution in [0.25, 0.3) is 0 Å². The first kappa shape index (κ1) is 23.9. The van der Waals surface area contributed by atoms with Gasteiger partial charge in [-0.25, -0.2) is 4.39 Å². The van der Waals surface area contributed by atoms with Crippen LogP contribution < -0.4 is 0 Å². The van der Waals surface area contributed by atoms with Crippen molar-refractivity contribution in [2.75, 3.05) is 33.2 Å². The molecule has 1 aromatic carbocycles. The fraction of sp³-hybridized carbons (Fsp3) is 0.538. The maximum atomic E-state index is 14.5. The van der Waals surface area contributed by atoms with Crippen LogP contribution in [0.2, 0.25) is 0 Å². The molecule has 0 N–H and O–H groups in total. The first-order valence-electron chi connectivity index (χ1n) is 12.0. The second-order valence-corrected chi connectivity index (χ2v) is 10.2. The first-order chi connectivity index (χ1) is 15.9. The molecule has 0 spiro atoms. The lowest BCUT2D eigenvalue weighted by Gasteiger charge is -2.44. The number of halogens is 1. The average molecular weight is 472 g/mol. The summed E-state index contributed by atoms with van der Waals surface area (Å²) in [6.45, 7) is 5.31. The highest BCUT2D eigenvalue weighted by atomic mass is 32.1. The van der Waals surface area contributed by atoms with E-state index in [9.17, 15) is 14.0 Å². The lowest BCUT2D eigenvalue weighted by molar-refractivity contribution is -0.130. The number of hydrogen-bond acceptors (Lipinski definition) is 4. The van der Waals surface area contributed by atoms with E-state index in [4.69, 9.17) is 0 Å². The fourth-order valence-electron chi connectivity index (χ4n) is 5.46. The number of rotatable bonds is 6. The molecule has 0 saturated carbocycles. The molecule has 2 aliphatic heterocycles. The average Bonchev–Trinajstić information content (AvgIpc) is 3.38. The number of likely N-dealkylation sites (tertiary alicyclic amines) is 2. The first-order valence-corrected chi connectivity index (χ1v) is 12.9. The molecule has 178 valence electrons. The topological polar surface area (TPSA) is 43.9 Å². The van der Waals surface area contributed by atoms with E-state index >= 15 is 0 Å². The predicted molar refractivity (Wildman–Crippen MR) is 130 cm³/mol. The number of hydrogen-bond donors (Lipinski definition) is 0. The van der Waals surface area contributed by atoms with E-state index in [0.717, 1.165) is 51.9 Å². The molecule has 2 amide bonds. The monoisotopic (exact) mass is 471 g/mol. The molecule has 0 radical (unpaired) electrons. The van der Waals surface area contributed by atoms with Gasteiger partial charge in [-0.05, 0) is 74.2 Å². The van der Waals surface area contributed by atoms with E-state index in [2.05, 4.69) is 4.90 Å². The summed E-state index contributed by atoms with van der Waals surface area (Å²) in [6.07, 6.45) is 4.57. The second-order valence-electron chi connectivity index (χ2n) is 9.40. The van der Waals surface area contributed by atoms with Crippen LogP contribution in [0.1, 0.15) is 48.5 Å². The summed E-state index contributed by atoms with van der Waals surface area (Å²) >= 11 is 1.52. The van der Waals surface area contributed by atoms with Crippen molar-refractivity contribution in [2.24, 2.45) is 5.92 Å². The molecular formula is C26H34FN3O2S. The Labute approximate surface area is 200 Å². The highest BCUT2D eigenvalue weighted by Crippen LogP contribution is 2.30. The number of thiophene rings is 1. The molecule has 2 saturated heterocycles. The molecule has 1 atom stereocenters. The number of likely N-dealkylation sites (N-methyl/N-ethyl adjacent to an activating group) is 1. The van der Waals surface area contributed by atoms with Gasteiger partial charge in [-0.15, -0.1) is 0 Å². The zero-order valence-corrected chi connectivity index (χ0v) is 20.4. The third-order valence-corrected chi connectivity index (χ3v) is 8.20. The van der Waals surface area contributed by atoms with E-state index in [1.54, 1.807) is 13.0 Å². The lowest BCUT2D eigenvalue weighted by Crippen LogP contribution is -2.51. The Balaban J connectivity index is 1.43. The Morgan fingerprint density at radius 1 is 1.09 bits per heavy atom. The summed E-state index contributed by atoms with van der Waals surface area (Å²) in [4.78, 5) is 31.1. The molecule has 4 rings (SSSR count). The molecule has 3 heterocycles. The Kier molecular flexibility index (Phi) is 7.81. The lowest BCUT2D eigenvalue weighted by atomic mass is 9.83. The zero-order valence-electron chi connectivity index (χ0n) is 19.6. The smallest absolute Gasteiger partial charge is 0.254 e. The summed E-state index contributed by atoms with van der Waals surface area (Å²) in [5.41, 5.74) is 1.38. The molecule has 7 heteroatoms. The van der Waals surface area contributed by atoms with E-state index in [-0.39, 0.29) is 23.7 Å². The molecule has 1 aromatic heterocycles. The molecule has 2 aliphatic rings. The van der Waals surface area contributed by atoms with Crippen LogP contribution >= 0.6 is 11.3 Å². The Morgan fingerprint density at radius 2 is 1.79 bits per heavy atom. The van der Waals surface area contributed by atoms with Gasteiger partial charge in [-0.1, -0.05) is 18.2 Å². The predicted octanol–water partition coefficient (Wildman–Crippen LogP) is 4.29. The van der Waals surface area contributed by atoms with Crippen LogP contribution in [-0.2, 0) is 11.2 Å². The van der Waals surface area contributed by atoms with Crippen LogP contribution in [0.3, 0.4) is 0 Å². The second kappa shape index (κ2) is 10.8. The van der Waals surface area contributed by atoms with Crippen LogP contribution in [0.15, 0.2) is 41.1 Å². The van der Waals surface area contributed by atoms with Crippen molar-refractivity contribution in [2.45, 2.75) is 51.1 Å². The highest BCUT2D eigenvalue weighted by Gasteiger charge is 2.35. The van der Waals surface area contributed by atoms with Crippen molar-refractivity contribution in [1.82, 2.24) is 14.7 Å². The standard InChI is InChI=1S/C26H34FN3O2S/c1-19(31)29-14-9-23(10-15-29)30-12-7-20(8-13-30)25(17-21-5-3-4-6-24(21)27)28(2)26(32)22-11-16-33-18-22/h3-6,11,16,18,20,23,25H,7-10,12-15,17H2,1-2H3/t25-/m0/s1. The van der Waals surface area contributed by atoms with Gasteiger partial charge in [-0.3, -0.25) is 9.59 Å². The van der Waals surface area contributed by atoms with Crippen LogP contribution in [0, 0.1) is 11.7 Å². The minimum absolute atomic E-state index is 0.0108. The third kappa shape index (κ3) is 5.64. The normalized spacial score (nSPS) is 19.4. The van der Waals surface area contributed by atoms with Crippen molar-refractivity contribution in [3.63, 3.8) is 0 Å². The van der Waals surface area contributed by atoms with E-state index in [1.165, 1.54) is 17.4 Å². The van der Waals surface area contributed by atoms with Crippen LogP contribution in [-0.4, -0.2) is 71.8 Å². The number of benzene rings is 1. The summed E-state index contributed by atoms with van der Waals surface area (Å²) in [6, 6.07) is 9.26. The van der Waals surface area contributed by atoms with Crippen molar-refractivity contribution in [3.05, 3.63) is 58.0 Å². The van der Waals surface area contributed by atoms with Crippen molar-refractivity contribution >= 4 is 23.2 Å². The minimum Gasteiger partial charge on any atom is -0.343 e. The van der Waals surface area contributed by atoms with Crippen molar-refractivity contribution in [3.8, 4) is 0 Å². The van der Waals surface area contributed by atoms with Crippen LogP contribution in [0.4, 0.5) is 4.39 Å². The third-order valence-electron chi connectivity index (χ3n) is 7.52. The molecule has 2 aromatic rings.